The van der Waals surface area contributed by atoms with Crippen LogP contribution in [0.2, 0.25) is 0 Å². The Morgan fingerprint density at radius 1 is 1.30 bits per heavy atom. The van der Waals surface area contributed by atoms with Crippen LogP contribution in [0, 0.1) is 5.92 Å². The van der Waals surface area contributed by atoms with E-state index in [9.17, 15) is 9.90 Å². The Labute approximate surface area is 119 Å². The molecule has 1 aromatic heterocycles. The highest BCUT2D eigenvalue weighted by atomic mass is 16.4. The predicted octanol–water partition coefficient (Wildman–Crippen LogP) is 1.69. The summed E-state index contributed by atoms with van der Waals surface area (Å²) in [5.41, 5.74) is 1.81. The molecule has 2 heterocycles. The Morgan fingerprint density at radius 2 is 2.00 bits per heavy atom. The molecule has 1 aliphatic heterocycles. The molecule has 0 bridgehead atoms. The molecule has 0 radical (unpaired) electrons. The average Bonchev–Trinajstić information content (AvgIpc) is 2.45. The third kappa shape index (κ3) is 2.73. The van der Waals surface area contributed by atoms with Crippen LogP contribution in [-0.4, -0.2) is 38.8 Å². The van der Waals surface area contributed by atoms with Crippen molar-refractivity contribution in [3.63, 3.8) is 0 Å². The fourth-order valence-corrected chi connectivity index (χ4v) is 2.84. The second kappa shape index (κ2) is 6.15. The van der Waals surface area contributed by atoms with Gasteiger partial charge in [-0.3, -0.25) is 0 Å². The van der Waals surface area contributed by atoms with Crippen molar-refractivity contribution in [2.24, 2.45) is 5.92 Å². The minimum atomic E-state index is -0.807. The van der Waals surface area contributed by atoms with Crippen LogP contribution in [0.15, 0.2) is 0 Å². The van der Waals surface area contributed by atoms with Crippen molar-refractivity contribution in [3.05, 3.63) is 11.4 Å². The monoisotopic (exact) mass is 278 g/mol. The van der Waals surface area contributed by atoms with Crippen LogP contribution in [-0.2, 0) is 17.6 Å². The molecule has 2 unspecified atom stereocenters. The molecule has 6 heteroatoms. The first-order valence-corrected chi connectivity index (χ1v) is 7.30. The Bertz CT molecular complexity index is 492. The maximum absolute atomic E-state index is 11.5. The van der Waals surface area contributed by atoms with Crippen LogP contribution < -0.4 is 4.90 Å². The van der Waals surface area contributed by atoms with E-state index in [-0.39, 0.29) is 5.92 Å². The summed E-state index contributed by atoms with van der Waals surface area (Å²) in [6, 6.07) is -0.553. The molecular weight excluding hydrogens is 256 g/mol. The standard InChI is InChI=1S/C14H22N4O2/c1-4-10-11(5-2)16-17-14(15-10)18-8-6-7-9(3)12(18)13(19)20/h9,12H,4-8H2,1-3H3,(H,19,20). The molecule has 20 heavy (non-hydrogen) atoms. The topological polar surface area (TPSA) is 79.2 Å². The van der Waals surface area contributed by atoms with Crippen LogP contribution in [0.25, 0.3) is 0 Å². The zero-order chi connectivity index (χ0) is 14.7. The SMILES string of the molecule is CCc1nnc(N2CCCC(C)C2C(=O)O)nc1CC. The minimum Gasteiger partial charge on any atom is -0.480 e. The largest absolute Gasteiger partial charge is 0.480 e. The summed E-state index contributed by atoms with van der Waals surface area (Å²) in [5.74, 6) is -0.253. The Hall–Kier alpha value is -1.72. The van der Waals surface area contributed by atoms with E-state index < -0.39 is 12.0 Å². The normalized spacial score (nSPS) is 22.9. The number of carboxylic acids is 1. The predicted molar refractivity (Wildman–Crippen MR) is 75.8 cm³/mol. The van der Waals surface area contributed by atoms with Gasteiger partial charge in [-0.1, -0.05) is 20.8 Å². The highest BCUT2D eigenvalue weighted by Gasteiger charge is 2.36. The quantitative estimate of drug-likeness (QED) is 0.902. The number of nitrogens with zero attached hydrogens (tertiary/aromatic N) is 4. The van der Waals surface area contributed by atoms with Gasteiger partial charge >= 0.3 is 5.97 Å². The summed E-state index contributed by atoms with van der Waals surface area (Å²) in [4.78, 5) is 17.8. The molecule has 0 saturated carbocycles. The highest BCUT2D eigenvalue weighted by molar-refractivity contribution is 5.78. The summed E-state index contributed by atoms with van der Waals surface area (Å²) in [6.07, 6.45) is 3.47. The molecule has 0 spiro atoms. The summed E-state index contributed by atoms with van der Waals surface area (Å²) in [6.45, 7) is 6.70. The Balaban J connectivity index is 2.35. The number of hydrogen-bond acceptors (Lipinski definition) is 5. The van der Waals surface area contributed by atoms with Crippen molar-refractivity contribution in [3.8, 4) is 0 Å². The van der Waals surface area contributed by atoms with Crippen LogP contribution in [0.1, 0.15) is 45.0 Å². The number of rotatable bonds is 4. The molecule has 1 saturated heterocycles. The molecule has 0 amide bonds. The molecule has 0 aromatic carbocycles. The van der Waals surface area contributed by atoms with Gasteiger partial charge in [-0.05, 0) is 31.6 Å². The smallest absolute Gasteiger partial charge is 0.326 e. The van der Waals surface area contributed by atoms with Crippen LogP contribution in [0.4, 0.5) is 5.95 Å². The fraction of sp³-hybridized carbons (Fsp3) is 0.714. The number of carbonyl (C=O) groups is 1. The number of aryl methyl sites for hydroxylation is 2. The maximum atomic E-state index is 11.5. The lowest BCUT2D eigenvalue weighted by Crippen LogP contribution is -2.50. The maximum Gasteiger partial charge on any atom is 0.326 e. The van der Waals surface area contributed by atoms with Gasteiger partial charge in [0, 0.05) is 6.54 Å². The molecule has 0 aliphatic carbocycles. The second-order valence-corrected chi connectivity index (χ2v) is 5.31. The van der Waals surface area contributed by atoms with Gasteiger partial charge in [0.25, 0.3) is 0 Å². The number of piperidine rings is 1. The lowest BCUT2D eigenvalue weighted by atomic mass is 9.91. The Morgan fingerprint density at radius 3 is 2.60 bits per heavy atom. The number of anilines is 1. The van der Waals surface area contributed by atoms with Gasteiger partial charge in [0.1, 0.15) is 6.04 Å². The lowest BCUT2D eigenvalue weighted by molar-refractivity contribution is -0.140. The van der Waals surface area contributed by atoms with Crippen molar-refractivity contribution < 1.29 is 9.90 Å². The van der Waals surface area contributed by atoms with Crippen LogP contribution >= 0.6 is 0 Å². The number of aliphatic carboxylic acids is 1. The number of aromatic nitrogens is 3. The summed E-state index contributed by atoms with van der Waals surface area (Å²) in [7, 11) is 0. The van der Waals surface area contributed by atoms with Gasteiger partial charge in [0.15, 0.2) is 0 Å². The summed E-state index contributed by atoms with van der Waals surface area (Å²) in [5, 5.41) is 17.8. The van der Waals surface area contributed by atoms with Crippen molar-refractivity contribution in [2.75, 3.05) is 11.4 Å². The first kappa shape index (κ1) is 14.7. The van der Waals surface area contributed by atoms with Gasteiger partial charge in [0.05, 0.1) is 11.4 Å². The number of carboxylic acid groups (broad SMARTS) is 1. The molecule has 110 valence electrons. The van der Waals surface area contributed by atoms with E-state index >= 15 is 0 Å². The third-order valence-electron chi connectivity index (χ3n) is 3.94. The molecule has 6 nitrogen and oxygen atoms in total. The van der Waals surface area contributed by atoms with Crippen LogP contribution in [0.3, 0.4) is 0 Å². The van der Waals surface area contributed by atoms with Crippen molar-refractivity contribution in [1.29, 1.82) is 0 Å². The van der Waals surface area contributed by atoms with Crippen LogP contribution in [0.5, 0.6) is 0 Å². The van der Waals surface area contributed by atoms with Gasteiger partial charge in [-0.2, -0.15) is 5.10 Å². The van der Waals surface area contributed by atoms with E-state index in [1.165, 1.54) is 0 Å². The molecule has 1 fully saturated rings. The molecule has 1 aliphatic rings. The van der Waals surface area contributed by atoms with E-state index in [4.69, 9.17) is 0 Å². The van der Waals surface area contributed by atoms with Crippen molar-refractivity contribution in [2.45, 2.75) is 52.5 Å². The van der Waals surface area contributed by atoms with Gasteiger partial charge in [0.2, 0.25) is 5.95 Å². The molecule has 2 atom stereocenters. The average molecular weight is 278 g/mol. The summed E-state index contributed by atoms with van der Waals surface area (Å²) >= 11 is 0. The molecule has 1 aromatic rings. The molecule has 1 N–H and O–H groups in total. The minimum absolute atomic E-state index is 0.0979. The van der Waals surface area contributed by atoms with E-state index in [1.807, 2.05) is 20.8 Å². The van der Waals surface area contributed by atoms with E-state index in [0.29, 0.717) is 12.5 Å². The fourth-order valence-electron chi connectivity index (χ4n) is 2.84. The first-order chi connectivity index (χ1) is 9.58. The number of hydrogen-bond donors (Lipinski definition) is 1. The molecule has 2 rings (SSSR count). The van der Waals surface area contributed by atoms with Gasteiger partial charge in [-0.25, -0.2) is 9.78 Å². The van der Waals surface area contributed by atoms with E-state index in [1.54, 1.807) is 4.90 Å². The highest BCUT2D eigenvalue weighted by Crippen LogP contribution is 2.26. The van der Waals surface area contributed by atoms with E-state index in [0.717, 1.165) is 37.1 Å². The van der Waals surface area contributed by atoms with E-state index in [2.05, 4.69) is 15.2 Å². The van der Waals surface area contributed by atoms with Gasteiger partial charge < -0.3 is 10.0 Å². The van der Waals surface area contributed by atoms with Gasteiger partial charge in [-0.15, -0.1) is 5.10 Å². The van der Waals surface area contributed by atoms with Crippen molar-refractivity contribution >= 4 is 11.9 Å². The lowest BCUT2D eigenvalue weighted by Gasteiger charge is -2.37. The summed E-state index contributed by atoms with van der Waals surface area (Å²) < 4.78 is 0. The third-order valence-corrected chi connectivity index (χ3v) is 3.94. The zero-order valence-electron chi connectivity index (χ0n) is 12.3. The first-order valence-electron chi connectivity index (χ1n) is 7.30. The second-order valence-electron chi connectivity index (χ2n) is 5.31. The molecular formula is C14H22N4O2. The van der Waals surface area contributed by atoms with Crippen molar-refractivity contribution in [1.82, 2.24) is 15.2 Å². The zero-order valence-corrected chi connectivity index (χ0v) is 12.3. The Kier molecular flexibility index (Phi) is 4.52.